The Kier molecular flexibility index (Phi) is 4.00. The van der Waals surface area contributed by atoms with Gasteiger partial charge in [0.15, 0.2) is 0 Å². The number of nitrogens with one attached hydrogen (secondary N) is 1. The van der Waals surface area contributed by atoms with Crippen LogP contribution >= 0.6 is 0 Å². The smallest absolute Gasteiger partial charge is 0.0682 e. The summed E-state index contributed by atoms with van der Waals surface area (Å²) in [5.41, 5.74) is 5.81. The molecular weight excluding hydrogens is 222 g/mol. The number of benzene rings is 2. The molecule has 94 valence electrons. The predicted octanol–water partition coefficient (Wildman–Crippen LogP) is 3.41. The lowest BCUT2D eigenvalue weighted by atomic mass is 10.1. The lowest BCUT2D eigenvalue weighted by Crippen LogP contribution is -2.03. The second-order valence-electron chi connectivity index (χ2n) is 4.59. The molecule has 2 nitrogen and oxygen atoms in total. The zero-order valence-electron chi connectivity index (χ0n) is 10.9. The molecule has 0 aliphatic carbocycles. The molecule has 2 heteroatoms. The van der Waals surface area contributed by atoms with E-state index in [1.54, 1.807) is 0 Å². The molecule has 2 aromatic rings. The van der Waals surface area contributed by atoms with Crippen molar-refractivity contribution in [3.8, 4) is 0 Å². The highest BCUT2D eigenvalue weighted by Gasteiger charge is 2.01. The van der Waals surface area contributed by atoms with Crippen LogP contribution in [-0.2, 0) is 13.2 Å². The standard InChI is InChI=1S/C16H19NO/c1-12-5-3-4-6-15(12)10-17-16-9-14(11-18)8-7-13(16)2/h3-9,17-18H,10-11H2,1-2H3. The molecular formula is C16H19NO. The number of anilines is 1. The Hall–Kier alpha value is -1.80. The number of rotatable bonds is 4. The molecule has 2 aromatic carbocycles. The van der Waals surface area contributed by atoms with Crippen molar-refractivity contribution in [1.29, 1.82) is 0 Å². The first-order chi connectivity index (χ1) is 8.70. The molecule has 0 spiro atoms. The minimum atomic E-state index is 0.0827. The average molecular weight is 241 g/mol. The van der Waals surface area contributed by atoms with Crippen molar-refractivity contribution in [2.45, 2.75) is 27.0 Å². The Morgan fingerprint density at radius 3 is 2.50 bits per heavy atom. The Morgan fingerprint density at radius 1 is 1.00 bits per heavy atom. The number of aryl methyl sites for hydroxylation is 2. The van der Waals surface area contributed by atoms with Crippen LogP contribution in [0, 0.1) is 13.8 Å². The van der Waals surface area contributed by atoms with Crippen LogP contribution in [0.15, 0.2) is 42.5 Å². The molecule has 0 aliphatic rings. The second-order valence-corrected chi connectivity index (χ2v) is 4.59. The Bertz CT molecular complexity index is 534. The van der Waals surface area contributed by atoms with Crippen LogP contribution in [0.5, 0.6) is 0 Å². The summed E-state index contributed by atoms with van der Waals surface area (Å²) < 4.78 is 0. The van der Waals surface area contributed by atoms with Crippen LogP contribution in [0.3, 0.4) is 0 Å². The quantitative estimate of drug-likeness (QED) is 0.859. The number of aliphatic hydroxyl groups is 1. The Balaban J connectivity index is 2.13. The van der Waals surface area contributed by atoms with Crippen LogP contribution in [0.25, 0.3) is 0 Å². The zero-order valence-corrected chi connectivity index (χ0v) is 10.9. The third kappa shape index (κ3) is 2.90. The van der Waals surface area contributed by atoms with Crippen LogP contribution < -0.4 is 5.32 Å². The molecule has 0 heterocycles. The maximum atomic E-state index is 9.15. The molecule has 0 atom stereocenters. The van der Waals surface area contributed by atoms with Gasteiger partial charge < -0.3 is 10.4 Å². The maximum Gasteiger partial charge on any atom is 0.0682 e. The highest BCUT2D eigenvalue weighted by Crippen LogP contribution is 2.18. The molecule has 2 rings (SSSR count). The highest BCUT2D eigenvalue weighted by molar-refractivity contribution is 5.53. The highest BCUT2D eigenvalue weighted by atomic mass is 16.3. The van der Waals surface area contributed by atoms with Crippen LogP contribution in [0.2, 0.25) is 0 Å². The van der Waals surface area contributed by atoms with E-state index in [1.807, 2.05) is 18.2 Å². The molecule has 0 fully saturated rings. The number of hydrogen-bond donors (Lipinski definition) is 2. The van der Waals surface area contributed by atoms with Gasteiger partial charge in [-0.3, -0.25) is 0 Å². The van der Waals surface area contributed by atoms with E-state index in [0.717, 1.165) is 17.8 Å². The summed E-state index contributed by atoms with van der Waals surface area (Å²) in [7, 11) is 0. The van der Waals surface area contributed by atoms with Gasteiger partial charge in [-0.1, -0.05) is 36.4 Å². The van der Waals surface area contributed by atoms with Crippen molar-refractivity contribution in [3.05, 3.63) is 64.7 Å². The van der Waals surface area contributed by atoms with E-state index >= 15 is 0 Å². The normalized spacial score (nSPS) is 10.4. The van der Waals surface area contributed by atoms with E-state index in [-0.39, 0.29) is 6.61 Å². The van der Waals surface area contributed by atoms with Crippen molar-refractivity contribution in [2.24, 2.45) is 0 Å². The van der Waals surface area contributed by atoms with Gasteiger partial charge in [-0.05, 0) is 42.2 Å². The third-order valence-electron chi connectivity index (χ3n) is 3.22. The minimum absolute atomic E-state index is 0.0827. The van der Waals surface area contributed by atoms with Crippen molar-refractivity contribution in [1.82, 2.24) is 0 Å². The summed E-state index contributed by atoms with van der Waals surface area (Å²) in [6.07, 6.45) is 0. The van der Waals surface area contributed by atoms with Gasteiger partial charge in [0.05, 0.1) is 6.61 Å². The van der Waals surface area contributed by atoms with Gasteiger partial charge >= 0.3 is 0 Å². The summed E-state index contributed by atoms with van der Waals surface area (Å²) in [6, 6.07) is 14.4. The van der Waals surface area contributed by atoms with E-state index in [4.69, 9.17) is 5.11 Å². The molecule has 0 saturated carbocycles. The summed E-state index contributed by atoms with van der Waals surface area (Å²) in [5, 5.41) is 12.6. The monoisotopic (exact) mass is 241 g/mol. The summed E-state index contributed by atoms with van der Waals surface area (Å²) in [4.78, 5) is 0. The molecule has 0 bridgehead atoms. The van der Waals surface area contributed by atoms with E-state index in [0.29, 0.717) is 0 Å². The fourth-order valence-corrected chi connectivity index (χ4v) is 1.96. The molecule has 0 unspecified atom stereocenters. The van der Waals surface area contributed by atoms with Gasteiger partial charge in [0, 0.05) is 12.2 Å². The van der Waals surface area contributed by atoms with Gasteiger partial charge in [0.2, 0.25) is 0 Å². The molecule has 2 N–H and O–H groups in total. The first-order valence-corrected chi connectivity index (χ1v) is 6.19. The van der Waals surface area contributed by atoms with Gasteiger partial charge in [0.25, 0.3) is 0 Å². The number of hydrogen-bond acceptors (Lipinski definition) is 2. The van der Waals surface area contributed by atoms with Gasteiger partial charge in [-0.15, -0.1) is 0 Å². The summed E-state index contributed by atoms with van der Waals surface area (Å²) in [5.74, 6) is 0. The third-order valence-corrected chi connectivity index (χ3v) is 3.22. The van der Waals surface area contributed by atoms with E-state index in [1.165, 1.54) is 16.7 Å². The molecule has 0 amide bonds. The first-order valence-electron chi connectivity index (χ1n) is 6.19. The van der Waals surface area contributed by atoms with E-state index < -0.39 is 0 Å². The molecule has 0 saturated heterocycles. The molecule has 0 aromatic heterocycles. The molecule has 0 aliphatic heterocycles. The Labute approximate surface area is 108 Å². The minimum Gasteiger partial charge on any atom is -0.392 e. The van der Waals surface area contributed by atoms with E-state index in [9.17, 15) is 0 Å². The van der Waals surface area contributed by atoms with Crippen molar-refractivity contribution in [3.63, 3.8) is 0 Å². The first kappa shape index (κ1) is 12.7. The number of aliphatic hydroxyl groups excluding tert-OH is 1. The summed E-state index contributed by atoms with van der Waals surface area (Å²) >= 11 is 0. The van der Waals surface area contributed by atoms with Crippen LogP contribution in [-0.4, -0.2) is 5.11 Å². The predicted molar refractivity (Wildman–Crippen MR) is 75.6 cm³/mol. The van der Waals surface area contributed by atoms with Crippen molar-refractivity contribution < 1.29 is 5.11 Å². The van der Waals surface area contributed by atoms with Gasteiger partial charge in [-0.2, -0.15) is 0 Å². The van der Waals surface area contributed by atoms with Gasteiger partial charge in [0.1, 0.15) is 0 Å². The van der Waals surface area contributed by atoms with Crippen LogP contribution in [0.4, 0.5) is 5.69 Å². The molecule has 18 heavy (non-hydrogen) atoms. The largest absolute Gasteiger partial charge is 0.392 e. The average Bonchev–Trinajstić information content (AvgIpc) is 2.39. The van der Waals surface area contributed by atoms with Crippen molar-refractivity contribution in [2.75, 3.05) is 5.32 Å². The Morgan fingerprint density at radius 2 is 1.78 bits per heavy atom. The van der Waals surface area contributed by atoms with Crippen LogP contribution in [0.1, 0.15) is 22.3 Å². The topological polar surface area (TPSA) is 32.3 Å². The zero-order chi connectivity index (χ0) is 13.0. The summed E-state index contributed by atoms with van der Waals surface area (Å²) in [6.45, 7) is 5.08. The lowest BCUT2D eigenvalue weighted by molar-refractivity contribution is 0.282. The SMILES string of the molecule is Cc1ccccc1CNc1cc(CO)ccc1C. The fraction of sp³-hybridized carbons (Fsp3) is 0.250. The van der Waals surface area contributed by atoms with E-state index in [2.05, 4.69) is 43.4 Å². The lowest BCUT2D eigenvalue weighted by Gasteiger charge is -2.12. The molecule has 0 radical (unpaired) electrons. The second kappa shape index (κ2) is 5.69. The maximum absolute atomic E-state index is 9.15. The van der Waals surface area contributed by atoms with Crippen molar-refractivity contribution >= 4 is 5.69 Å². The fourth-order valence-electron chi connectivity index (χ4n) is 1.96. The van der Waals surface area contributed by atoms with Gasteiger partial charge in [-0.25, -0.2) is 0 Å².